The van der Waals surface area contributed by atoms with Gasteiger partial charge < -0.3 is 10.5 Å². The lowest BCUT2D eigenvalue weighted by Crippen LogP contribution is -2.16. The maximum absolute atomic E-state index is 12.2. The number of hydrogen-bond donors (Lipinski definition) is 1. The van der Waals surface area contributed by atoms with Crippen molar-refractivity contribution in [2.75, 3.05) is 7.05 Å². The van der Waals surface area contributed by atoms with Crippen molar-refractivity contribution in [2.24, 2.45) is 10.7 Å². The number of carbonyl (C=O) groups excluding carboxylic acids is 1. The van der Waals surface area contributed by atoms with Gasteiger partial charge in [-0.15, -0.1) is 13.2 Å². The molecule has 9 heteroatoms. The highest BCUT2D eigenvalue weighted by atomic mass is 19.4. The Kier molecular flexibility index (Phi) is 5.48. The van der Waals surface area contributed by atoms with Gasteiger partial charge in [0.2, 0.25) is 0 Å². The Labute approximate surface area is 140 Å². The first-order chi connectivity index (χ1) is 11.9. The molecular weight excluding hydrogens is 337 g/mol. The summed E-state index contributed by atoms with van der Waals surface area (Å²) in [4.78, 5) is 23.2. The summed E-state index contributed by atoms with van der Waals surface area (Å²) < 4.78 is 40.4. The third-order valence-corrected chi connectivity index (χ3v) is 2.96. The fraction of sp³-hybridized carbons (Fsp3) is 0.125. The molecule has 2 N–H and O–H groups in total. The number of halogens is 3. The average Bonchev–Trinajstić information content (AvgIpc) is 2.58. The van der Waals surface area contributed by atoms with E-state index in [2.05, 4.69) is 19.7 Å². The number of aromatic nitrogens is 2. The van der Waals surface area contributed by atoms with Gasteiger partial charge in [0.25, 0.3) is 0 Å². The number of hydrogen-bond acceptors (Lipinski definition) is 6. The number of ether oxygens (including phenoxy) is 1. The molecule has 25 heavy (non-hydrogen) atoms. The minimum Gasteiger partial charge on any atom is -0.406 e. The smallest absolute Gasteiger partial charge is 0.406 e. The lowest BCUT2D eigenvalue weighted by Gasteiger charge is -2.10. The van der Waals surface area contributed by atoms with E-state index in [-0.39, 0.29) is 17.3 Å². The summed E-state index contributed by atoms with van der Waals surface area (Å²) in [6.45, 7) is 0. The monoisotopic (exact) mass is 350 g/mol. The van der Waals surface area contributed by atoms with Crippen LogP contribution in [0.2, 0.25) is 0 Å². The van der Waals surface area contributed by atoms with E-state index >= 15 is 0 Å². The molecule has 0 atom stereocenters. The predicted octanol–water partition coefficient (Wildman–Crippen LogP) is 2.85. The van der Waals surface area contributed by atoms with E-state index in [1.54, 1.807) is 0 Å². The highest BCUT2D eigenvalue weighted by Crippen LogP contribution is 2.26. The molecular formula is C16H13F3N4O2. The molecule has 0 saturated heterocycles. The van der Waals surface area contributed by atoms with E-state index in [9.17, 15) is 18.0 Å². The number of aldehydes is 1. The Hall–Kier alpha value is -3.23. The van der Waals surface area contributed by atoms with E-state index in [4.69, 9.17) is 5.73 Å². The van der Waals surface area contributed by atoms with Crippen LogP contribution < -0.4 is 10.5 Å². The topological polar surface area (TPSA) is 90.5 Å². The molecule has 0 amide bonds. The molecule has 0 aliphatic heterocycles. The van der Waals surface area contributed by atoms with E-state index in [1.807, 2.05) is 0 Å². The van der Waals surface area contributed by atoms with E-state index in [0.717, 1.165) is 12.1 Å². The molecule has 0 bridgehead atoms. The van der Waals surface area contributed by atoms with Crippen LogP contribution in [0.4, 0.5) is 13.2 Å². The molecule has 1 heterocycles. The lowest BCUT2D eigenvalue weighted by atomic mass is 10.1. The molecule has 0 aliphatic rings. The third kappa shape index (κ3) is 4.87. The Balaban J connectivity index is 2.43. The minimum absolute atomic E-state index is 0.0967. The maximum Gasteiger partial charge on any atom is 0.573 e. The van der Waals surface area contributed by atoms with Crippen LogP contribution in [-0.4, -0.2) is 35.9 Å². The largest absolute Gasteiger partial charge is 0.573 e. The summed E-state index contributed by atoms with van der Waals surface area (Å²) in [6, 6.07) is 6.49. The molecule has 6 nitrogen and oxygen atoms in total. The molecule has 0 fully saturated rings. The van der Waals surface area contributed by atoms with E-state index < -0.39 is 6.36 Å². The van der Waals surface area contributed by atoms with Gasteiger partial charge >= 0.3 is 6.36 Å². The summed E-state index contributed by atoms with van der Waals surface area (Å²) >= 11 is 0. The van der Waals surface area contributed by atoms with Crippen molar-refractivity contribution in [3.05, 3.63) is 48.1 Å². The van der Waals surface area contributed by atoms with E-state index in [0.29, 0.717) is 23.1 Å². The number of rotatable bonds is 5. The molecule has 0 radical (unpaired) electrons. The Bertz CT molecular complexity index is 815. The number of aliphatic imine (C=N–C) groups is 1. The zero-order chi connectivity index (χ0) is 18.4. The van der Waals surface area contributed by atoms with Gasteiger partial charge in [-0.3, -0.25) is 9.79 Å². The molecule has 0 saturated carbocycles. The number of nitrogens with two attached hydrogens (primary N) is 1. The van der Waals surface area contributed by atoms with Gasteiger partial charge in [-0.25, -0.2) is 9.97 Å². The molecule has 0 aliphatic carbocycles. The second kappa shape index (κ2) is 7.56. The van der Waals surface area contributed by atoms with Crippen LogP contribution in [0, 0.1) is 0 Å². The molecule has 0 spiro atoms. The van der Waals surface area contributed by atoms with Gasteiger partial charge in [-0.05, 0) is 30.3 Å². The Morgan fingerprint density at radius 2 is 1.92 bits per heavy atom. The first-order valence-electron chi connectivity index (χ1n) is 6.91. The summed E-state index contributed by atoms with van der Waals surface area (Å²) in [6.07, 6.45) is -1.57. The van der Waals surface area contributed by atoms with Crippen molar-refractivity contribution in [1.82, 2.24) is 9.97 Å². The first kappa shape index (κ1) is 18.1. The van der Waals surface area contributed by atoms with Crippen LogP contribution >= 0.6 is 0 Å². The van der Waals surface area contributed by atoms with Crippen molar-refractivity contribution in [1.29, 1.82) is 0 Å². The van der Waals surface area contributed by atoms with Crippen molar-refractivity contribution in [3.8, 4) is 17.0 Å². The molecule has 1 aromatic heterocycles. The van der Waals surface area contributed by atoms with Gasteiger partial charge in [0.1, 0.15) is 11.4 Å². The highest BCUT2D eigenvalue weighted by molar-refractivity contribution is 6.08. The second-order valence-corrected chi connectivity index (χ2v) is 4.70. The zero-order valence-corrected chi connectivity index (χ0v) is 13.0. The third-order valence-electron chi connectivity index (χ3n) is 2.96. The Morgan fingerprint density at radius 3 is 2.44 bits per heavy atom. The number of carbonyl (C=O) groups is 1. The average molecular weight is 350 g/mol. The Morgan fingerprint density at radius 1 is 1.24 bits per heavy atom. The number of alkyl halides is 3. The first-order valence-corrected chi connectivity index (χ1v) is 6.91. The van der Waals surface area contributed by atoms with Crippen LogP contribution in [0.15, 0.2) is 41.5 Å². The molecule has 2 rings (SSSR count). The zero-order valence-electron chi connectivity index (χ0n) is 13.0. The van der Waals surface area contributed by atoms with Crippen molar-refractivity contribution in [3.63, 3.8) is 0 Å². The maximum atomic E-state index is 12.2. The summed E-state index contributed by atoms with van der Waals surface area (Å²) in [5, 5.41) is 0. The van der Waals surface area contributed by atoms with Crippen molar-refractivity contribution >= 4 is 18.1 Å². The van der Waals surface area contributed by atoms with E-state index in [1.165, 1.54) is 37.7 Å². The van der Waals surface area contributed by atoms with Gasteiger partial charge in [-0.2, -0.15) is 0 Å². The number of allylic oxidation sites excluding steroid dienone is 1. The van der Waals surface area contributed by atoms with Gasteiger partial charge in [0.15, 0.2) is 12.1 Å². The van der Waals surface area contributed by atoms with Gasteiger partial charge in [-0.1, -0.05) is 0 Å². The fourth-order valence-corrected chi connectivity index (χ4v) is 1.95. The molecule has 2 aromatic rings. The summed E-state index contributed by atoms with van der Waals surface area (Å²) in [5.41, 5.74) is 6.81. The molecule has 0 unspecified atom stereocenters. The van der Waals surface area contributed by atoms with Crippen LogP contribution in [0.5, 0.6) is 5.75 Å². The van der Waals surface area contributed by atoms with Crippen LogP contribution in [0.25, 0.3) is 16.8 Å². The van der Waals surface area contributed by atoms with Gasteiger partial charge in [0.05, 0.1) is 11.3 Å². The normalized spacial score (nSPS) is 12.4. The second-order valence-electron chi connectivity index (χ2n) is 4.70. The number of nitrogens with zero attached hydrogens (tertiary/aromatic N) is 3. The van der Waals surface area contributed by atoms with Crippen molar-refractivity contribution in [2.45, 2.75) is 6.36 Å². The molecule has 130 valence electrons. The number of benzene rings is 1. The fourth-order valence-electron chi connectivity index (χ4n) is 1.95. The van der Waals surface area contributed by atoms with Crippen LogP contribution in [-0.2, 0) is 0 Å². The molecule has 1 aromatic carbocycles. The summed E-state index contributed by atoms with van der Waals surface area (Å²) in [7, 11) is 1.54. The SMILES string of the molecule is CN=CC(=CN)c1nc(C=O)cc(-c2ccc(OC(F)(F)F)cc2)n1. The minimum atomic E-state index is -4.77. The summed E-state index contributed by atoms with van der Waals surface area (Å²) in [5.74, 6) is -0.190. The lowest BCUT2D eigenvalue weighted by molar-refractivity contribution is -0.274. The predicted molar refractivity (Wildman–Crippen MR) is 86.1 cm³/mol. The quantitative estimate of drug-likeness (QED) is 0.661. The van der Waals surface area contributed by atoms with Crippen molar-refractivity contribution < 1.29 is 22.7 Å². The van der Waals surface area contributed by atoms with Crippen LogP contribution in [0.3, 0.4) is 0 Å². The highest BCUT2D eigenvalue weighted by Gasteiger charge is 2.31. The standard InChI is InChI=1S/C16H13F3N4O2/c1-21-8-11(7-20)15-22-12(9-24)6-14(23-15)10-2-4-13(5-3-10)25-16(17,18)19/h2-9H,20H2,1H3. The van der Waals surface area contributed by atoms with Gasteiger partial charge in [0, 0.05) is 25.0 Å². The van der Waals surface area contributed by atoms with Crippen LogP contribution in [0.1, 0.15) is 16.3 Å².